The summed E-state index contributed by atoms with van der Waals surface area (Å²) < 4.78 is 0. The first-order valence-electron chi connectivity index (χ1n) is 4.82. The van der Waals surface area contributed by atoms with E-state index in [2.05, 4.69) is 0 Å². The third-order valence-electron chi connectivity index (χ3n) is 2.56. The van der Waals surface area contributed by atoms with Crippen molar-refractivity contribution in [3.8, 4) is 0 Å². The van der Waals surface area contributed by atoms with Gasteiger partial charge in [0, 0.05) is 5.92 Å². The molecule has 0 bridgehead atoms. The molecular weight excluding hydrogens is 208 g/mol. The first-order valence-corrected chi connectivity index (χ1v) is 5.26. The third-order valence-corrected chi connectivity index (χ3v) is 2.96. The zero-order valence-corrected chi connectivity index (χ0v) is 8.98. The molecule has 1 aliphatic carbocycles. The normalized spacial score (nSPS) is 25.7. The molecule has 2 unspecified atom stereocenters. The Bertz CT molecular complexity index is 409. The minimum atomic E-state index is -0.125. The molecule has 1 aliphatic rings. The van der Waals surface area contributed by atoms with Crippen LogP contribution in [0.5, 0.6) is 0 Å². The van der Waals surface area contributed by atoms with Gasteiger partial charge in [0.25, 0.3) is 0 Å². The number of rotatable bonds is 1. The maximum atomic E-state index is 6.22. The lowest BCUT2D eigenvalue weighted by Gasteiger charge is -2.22. The lowest BCUT2D eigenvalue weighted by Crippen LogP contribution is -2.21. The van der Waals surface area contributed by atoms with Gasteiger partial charge in [-0.1, -0.05) is 36.4 Å². The summed E-state index contributed by atoms with van der Waals surface area (Å²) in [5.41, 5.74) is 13.8. The highest BCUT2D eigenvalue weighted by Gasteiger charge is 2.22. The maximum Gasteiger partial charge on any atom is 0.0643 e. The molecule has 1 aromatic rings. The smallest absolute Gasteiger partial charge is 0.0643 e. The second-order valence-corrected chi connectivity index (χ2v) is 4.13. The van der Waals surface area contributed by atoms with Gasteiger partial charge in [0.15, 0.2) is 0 Å². The van der Waals surface area contributed by atoms with Crippen molar-refractivity contribution in [3.05, 3.63) is 59.4 Å². The molecule has 0 aromatic heterocycles. The molecule has 2 nitrogen and oxygen atoms in total. The second-order valence-electron chi connectivity index (χ2n) is 3.62. The first-order chi connectivity index (χ1) is 7.18. The predicted octanol–water partition coefficient (Wildman–Crippen LogP) is 2.08. The summed E-state index contributed by atoms with van der Waals surface area (Å²) in [6.45, 7) is 0. The highest BCUT2D eigenvalue weighted by Crippen LogP contribution is 2.31. The Morgan fingerprint density at radius 3 is 2.20 bits per heavy atom. The second kappa shape index (κ2) is 3.99. The van der Waals surface area contributed by atoms with Crippen LogP contribution in [0.2, 0.25) is 0 Å². The topological polar surface area (TPSA) is 52.0 Å². The van der Waals surface area contributed by atoms with Crippen molar-refractivity contribution in [1.29, 1.82) is 0 Å². The van der Waals surface area contributed by atoms with Gasteiger partial charge in [0.1, 0.15) is 0 Å². The Morgan fingerprint density at radius 1 is 0.933 bits per heavy atom. The van der Waals surface area contributed by atoms with E-state index in [0.717, 1.165) is 5.56 Å². The fourth-order valence-corrected chi connectivity index (χ4v) is 2.06. The van der Waals surface area contributed by atoms with Crippen LogP contribution in [0.25, 0.3) is 0 Å². The van der Waals surface area contributed by atoms with E-state index in [9.17, 15) is 0 Å². The van der Waals surface area contributed by atoms with E-state index in [4.69, 9.17) is 23.1 Å². The standard InChI is InChI=1S/C12H13ClN2/c13-10-7-12(15)11(14)6-9(10)8-4-2-1-3-5-8/h1-7,9-10H,14-15H2. The largest absolute Gasteiger partial charge is 0.397 e. The van der Waals surface area contributed by atoms with E-state index >= 15 is 0 Å². The molecule has 0 saturated carbocycles. The molecule has 3 heteroatoms. The molecule has 2 rings (SSSR count). The average molecular weight is 221 g/mol. The molecular formula is C12H13ClN2. The number of allylic oxidation sites excluding steroid dienone is 2. The Hall–Kier alpha value is -1.41. The summed E-state index contributed by atoms with van der Waals surface area (Å²) in [6, 6.07) is 10.0. The van der Waals surface area contributed by atoms with Gasteiger partial charge < -0.3 is 11.5 Å². The van der Waals surface area contributed by atoms with Crippen molar-refractivity contribution >= 4 is 11.6 Å². The highest BCUT2D eigenvalue weighted by molar-refractivity contribution is 6.22. The van der Waals surface area contributed by atoms with Gasteiger partial charge in [-0.25, -0.2) is 0 Å². The molecule has 0 spiro atoms. The van der Waals surface area contributed by atoms with Crippen LogP contribution in [-0.4, -0.2) is 5.38 Å². The van der Waals surface area contributed by atoms with E-state index < -0.39 is 0 Å². The molecule has 0 heterocycles. The van der Waals surface area contributed by atoms with E-state index in [1.807, 2.05) is 36.4 Å². The van der Waals surface area contributed by atoms with E-state index in [1.165, 1.54) is 0 Å². The monoisotopic (exact) mass is 220 g/mol. The summed E-state index contributed by atoms with van der Waals surface area (Å²) in [5, 5.41) is -0.125. The number of nitrogens with two attached hydrogens (primary N) is 2. The average Bonchev–Trinajstić information content (AvgIpc) is 2.25. The molecule has 1 aromatic carbocycles. The van der Waals surface area contributed by atoms with E-state index in [-0.39, 0.29) is 11.3 Å². The van der Waals surface area contributed by atoms with Crippen LogP contribution < -0.4 is 11.5 Å². The van der Waals surface area contributed by atoms with Crippen LogP contribution in [0.3, 0.4) is 0 Å². The lowest BCUT2D eigenvalue weighted by molar-refractivity contribution is 0.833. The molecule has 0 radical (unpaired) electrons. The molecule has 2 atom stereocenters. The van der Waals surface area contributed by atoms with Crippen LogP contribution in [0.4, 0.5) is 0 Å². The molecule has 0 amide bonds. The van der Waals surface area contributed by atoms with Gasteiger partial charge in [0.05, 0.1) is 16.8 Å². The Labute approximate surface area is 94.2 Å². The molecule has 4 N–H and O–H groups in total. The third kappa shape index (κ3) is 2.00. The van der Waals surface area contributed by atoms with Crippen molar-refractivity contribution in [2.75, 3.05) is 0 Å². The Kier molecular flexibility index (Phi) is 2.69. The molecule has 78 valence electrons. The van der Waals surface area contributed by atoms with Crippen molar-refractivity contribution in [2.45, 2.75) is 11.3 Å². The van der Waals surface area contributed by atoms with Crippen molar-refractivity contribution in [1.82, 2.24) is 0 Å². The number of halogens is 1. The van der Waals surface area contributed by atoms with Crippen molar-refractivity contribution < 1.29 is 0 Å². The van der Waals surface area contributed by atoms with Crippen LogP contribution in [0.15, 0.2) is 53.9 Å². The fraction of sp³-hybridized carbons (Fsp3) is 0.167. The van der Waals surface area contributed by atoms with Crippen LogP contribution in [-0.2, 0) is 0 Å². The van der Waals surface area contributed by atoms with Gasteiger partial charge in [0.2, 0.25) is 0 Å². The Balaban J connectivity index is 2.33. The Morgan fingerprint density at radius 2 is 1.53 bits per heavy atom. The minimum absolute atomic E-state index is 0.111. The SMILES string of the molecule is NC1=CC(Cl)C(c2ccccc2)C=C1N. The molecule has 15 heavy (non-hydrogen) atoms. The zero-order valence-electron chi connectivity index (χ0n) is 8.23. The van der Waals surface area contributed by atoms with Gasteiger partial charge in [-0.05, 0) is 11.6 Å². The summed E-state index contributed by atoms with van der Waals surface area (Å²) >= 11 is 6.22. The number of hydrogen-bond acceptors (Lipinski definition) is 2. The quantitative estimate of drug-likeness (QED) is 0.712. The highest BCUT2D eigenvalue weighted by atomic mass is 35.5. The van der Waals surface area contributed by atoms with E-state index in [1.54, 1.807) is 6.08 Å². The summed E-state index contributed by atoms with van der Waals surface area (Å²) in [5.74, 6) is 0.111. The molecule has 0 fully saturated rings. The van der Waals surface area contributed by atoms with Crippen LogP contribution in [0.1, 0.15) is 11.5 Å². The lowest BCUT2D eigenvalue weighted by atomic mass is 9.90. The number of benzene rings is 1. The predicted molar refractivity (Wildman–Crippen MR) is 63.4 cm³/mol. The summed E-state index contributed by atoms with van der Waals surface area (Å²) in [6.07, 6.45) is 3.72. The summed E-state index contributed by atoms with van der Waals surface area (Å²) in [4.78, 5) is 0. The molecule has 0 saturated heterocycles. The summed E-state index contributed by atoms with van der Waals surface area (Å²) in [7, 11) is 0. The van der Waals surface area contributed by atoms with Crippen LogP contribution in [0, 0.1) is 0 Å². The minimum Gasteiger partial charge on any atom is -0.397 e. The van der Waals surface area contributed by atoms with E-state index in [0.29, 0.717) is 11.4 Å². The first kappa shape index (κ1) is 10.1. The van der Waals surface area contributed by atoms with Crippen molar-refractivity contribution in [3.63, 3.8) is 0 Å². The fourth-order valence-electron chi connectivity index (χ4n) is 1.71. The van der Waals surface area contributed by atoms with Gasteiger partial charge in [-0.3, -0.25) is 0 Å². The van der Waals surface area contributed by atoms with Gasteiger partial charge >= 0.3 is 0 Å². The maximum absolute atomic E-state index is 6.22. The molecule has 0 aliphatic heterocycles. The number of alkyl halides is 1. The van der Waals surface area contributed by atoms with Gasteiger partial charge in [-0.15, -0.1) is 11.6 Å². The zero-order chi connectivity index (χ0) is 10.8. The van der Waals surface area contributed by atoms with Crippen molar-refractivity contribution in [2.24, 2.45) is 11.5 Å². The number of hydrogen-bond donors (Lipinski definition) is 2. The van der Waals surface area contributed by atoms with Gasteiger partial charge in [-0.2, -0.15) is 0 Å². The van der Waals surface area contributed by atoms with Crippen LogP contribution >= 0.6 is 11.6 Å².